The Kier molecular flexibility index (Phi) is 5.68. The van der Waals surface area contributed by atoms with E-state index in [9.17, 15) is 9.18 Å². The molecule has 0 amide bonds. The van der Waals surface area contributed by atoms with Gasteiger partial charge in [0.25, 0.3) is 0 Å². The van der Waals surface area contributed by atoms with Crippen LogP contribution < -0.4 is 0 Å². The van der Waals surface area contributed by atoms with E-state index in [-0.39, 0.29) is 11.6 Å². The molecule has 2 rings (SSSR count). The second-order valence-corrected chi connectivity index (χ2v) is 5.23. The monoisotopic (exact) mass is 314 g/mol. The summed E-state index contributed by atoms with van der Waals surface area (Å²) in [6.45, 7) is 1.96. The van der Waals surface area contributed by atoms with Crippen LogP contribution in [-0.2, 0) is 4.79 Å². The summed E-state index contributed by atoms with van der Waals surface area (Å²) in [6, 6.07) is 13.1. The first kappa shape index (κ1) is 16.2. The lowest BCUT2D eigenvalue weighted by Crippen LogP contribution is -1.98. The Balaban J connectivity index is 2.44. The number of rotatable bonds is 5. The van der Waals surface area contributed by atoms with Gasteiger partial charge in [-0.25, -0.2) is 4.39 Å². The summed E-state index contributed by atoms with van der Waals surface area (Å²) in [5.74, 6) is -0.436. The van der Waals surface area contributed by atoms with Gasteiger partial charge in [-0.3, -0.25) is 4.79 Å². The van der Waals surface area contributed by atoms with Crippen LogP contribution in [0.2, 0.25) is 5.02 Å². The number of hydrogen-bond acceptors (Lipinski definition) is 1. The fourth-order valence-corrected chi connectivity index (χ4v) is 2.09. The summed E-state index contributed by atoms with van der Waals surface area (Å²) in [6.07, 6.45) is 5.92. The first-order valence-electron chi connectivity index (χ1n) is 7.04. The second-order valence-electron chi connectivity index (χ2n) is 4.79. The molecule has 112 valence electrons. The molecule has 22 heavy (non-hydrogen) atoms. The minimum absolute atomic E-state index is 0.108. The summed E-state index contributed by atoms with van der Waals surface area (Å²) in [7, 11) is 0. The maximum absolute atomic E-state index is 13.1. The molecule has 0 unspecified atom stereocenters. The van der Waals surface area contributed by atoms with E-state index < -0.39 is 0 Å². The third-order valence-electron chi connectivity index (χ3n) is 3.11. The van der Waals surface area contributed by atoms with E-state index in [0.29, 0.717) is 16.2 Å². The SMILES string of the molecule is CC/C=C/C(=O)/C(=C/c1ccc(Cl)cc1)c1ccc(F)cc1. The average Bonchev–Trinajstić information content (AvgIpc) is 2.53. The fourth-order valence-electron chi connectivity index (χ4n) is 1.97. The zero-order valence-electron chi connectivity index (χ0n) is 12.2. The number of benzene rings is 2. The van der Waals surface area contributed by atoms with Gasteiger partial charge in [-0.05, 0) is 54.0 Å². The Bertz CT molecular complexity index is 697. The Morgan fingerprint density at radius 1 is 1.09 bits per heavy atom. The van der Waals surface area contributed by atoms with Crippen LogP contribution in [0.15, 0.2) is 60.7 Å². The highest BCUT2D eigenvalue weighted by Gasteiger charge is 2.09. The molecule has 0 fully saturated rings. The highest BCUT2D eigenvalue weighted by Crippen LogP contribution is 2.21. The summed E-state index contributed by atoms with van der Waals surface area (Å²) in [5, 5.41) is 0.637. The molecule has 0 aliphatic carbocycles. The van der Waals surface area contributed by atoms with Crippen molar-refractivity contribution in [3.05, 3.63) is 82.6 Å². The highest BCUT2D eigenvalue weighted by molar-refractivity contribution is 6.31. The van der Waals surface area contributed by atoms with Gasteiger partial charge in [-0.15, -0.1) is 0 Å². The topological polar surface area (TPSA) is 17.1 Å². The maximum atomic E-state index is 13.1. The van der Waals surface area contributed by atoms with Gasteiger partial charge in [-0.2, -0.15) is 0 Å². The van der Waals surface area contributed by atoms with Crippen LogP contribution in [0.4, 0.5) is 4.39 Å². The highest BCUT2D eigenvalue weighted by atomic mass is 35.5. The molecule has 0 N–H and O–H groups in total. The number of carbonyl (C=O) groups is 1. The summed E-state index contributed by atoms with van der Waals surface area (Å²) >= 11 is 5.87. The second kappa shape index (κ2) is 7.71. The lowest BCUT2D eigenvalue weighted by Gasteiger charge is -2.05. The van der Waals surface area contributed by atoms with Crippen LogP contribution in [0.25, 0.3) is 11.6 Å². The van der Waals surface area contributed by atoms with Crippen LogP contribution in [0, 0.1) is 5.82 Å². The van der Waals surface area contributed by atoms with Gasteiger partial charge in [0.2, 0.25) is 0 Å². The van der Waals surface area contributed by atoms with Crippen LogP contribution >= 0.6 is 11.6 Å². The summed E-state index contributed by atoms with van der Waals surface area (Å²) in [5.41, 5.74) is 2.07. The van der Waals surface area contributed by atoms with Gasteiger partial charge < -0.3 is 0 Å². The van der Waals surface area contributed by atoms with Crippen LogP contribution in [0.3, 0.4) is 0 Å². The van der Waals surface area contributed by atoms with Crippen molar-refractivity contribution in [2.24, 2.45) is 0 Å². The van der Waals surface area contributed by atoms with Gasteiger partial charge in [0, 0.05) is 10.6 Å². The molecule has 0 spiro atoms. The predicted molar refractivity (Wildman–Crippen MR) is 90.2 cm³/mol. The first-order valence-corrected chi connectivity index (χ1v) is 7.42. The molecule has 0 atom stereocenters. The smallest absolute Gasteiger partial charge is 0.186 e. The molecule has 0 saturated heterocycles. The van der Waals surface area contributed by atoms with Crippen molar-refractivity contribution in [3.63, 3.8) is 0 Å². The molecule has 2 aromatic carbocycles. The zero-order valence-corrected chi connectivity index (χ0v) is 13.0. The molecule has 1 nitrogen and oxygen atoms in total. The Labute approximate surface area is 134 Å². The number of carbonyl (C=O) groups excluding carboxylic acids is 1. The Morgan fingerprint density at radius 2 is 1.73 bits per heavy atom. The Hall–Kier alpha value is -2.19. The largest absolute Gasteiger partial charge is 0.289 e. The van der Waals surface area contributed by atoms with Gasteiger partial charge >= 0.3 is 0 Å². The van der Waals surface area contributed by atoms with E-state index in [1.54, 1.807) is 36.4 Å². The van der Waals surface area contributed by atoms with E-state index in [2.05, 4.69) is 0 Å². The quantitative estimate of drug-likeness (QED) is 0.522. The van der Waals surface area contributed by atoms with Gasteiger partial charge in [-0.1, -0.05) is 48.9 Å². The maximum Gasteiger partial charge on any atom is 0.186 e. The minimum atomic E-state index is -0.328. The van der Waals surface area contributed by atoms with Crippen molar-refractivity contribution < 1.29 is 9.18 Å². The first-order chi connectivity index (χ1) is 10.6. The van der Waals surface area contributed by atoms with Crippen LogP contribution in [0.5, 0.6) is 0 Å². The van der Waals surface area contributed by atoms with E-state index in [1.165, 1.54) is 12.1 Å². The van der Waals surface area contributed by atoms with Crippen LogP contribution in [-0.4, -0.2) is 5.78 Å². The standard InChI is InChI=1S/C19H16ClFO/c1-2-3-4-19(22)18(15-7-11-17(21)12-8-15)13-14-5-9-16(20)10-6-14/h3-13H,2H2,1H3/b4-3+,18-13+. The molecule has 0 heterocycles. The summed E-state index contributed by atoms with van der Waals surface area (Å²) < 4.78 is 13.1. The third kappa shape index (κ3) is 4.40. The molecular weight excluding hydrogens is 299 g/mol. The van der Waals surface area contributed by atoms with Crippen molar-refractivity contribution in [2.75, 3.05) is 0 Å². The molecule has 0 bridgehead atoms. The minimum Gasteiger partial charge on any atom is -0.289 e. The molecule has 0 radical (unpaired) electrons. The molecule has 2 aromatic rings. The summed E-state index contributed by atoms with van der Waals surface area (Å²) in [4.78, 5) is 12.4. The molecule has 0 aliphatic heterocycles. The zero-order chi connectivity index (χ0) is 15.9. The van der Waals surface area contributed by atoms with Gasteiger partial charge in [0.1, 0.15) is 5.82 Å². The van der Waals surface area contributed by atoms with Crippen molar-refractivity contribution in [2.45, 2.75) is 13.3 Å². The van der Waals surface area contributed by atoms with Gasteiger partial charge in [0.15, 0.2) is 5.78 Å². The lowest BCUT2D eigenvalue weighted by molar-refractivity contribution is -0.109. The number of ketones is 1. The Morgan fingerprint density at radius 3 is 2.32 bits per heavy atom. The number of halogens is 2. The van der Waals surface area contributed by atoms with Crippen molar-refractivity contribution in [1.29, 1.82) is 0 Å². The number of allylic oxidation sites excluding steroid dienone is 3. The molecular formula is C19H16ClFO. The van der Waals surface area contributed by atoms with Crippen LogP contribution in [0.1, 0.15) is 24.5 Å². The van der Waals surface area contributed by atoms with Crippen molar-refractivity contribution >= 4 is 29.0 Å². The fraction of sp³-hybridized carbons (Fsp3) is 0.105. The van der Waals surface area contributed by atoms with Gasteiger partial charge in [0.05, 0.1) is 0 Å². The molecule has 0 saturated carbocycles. The van der Waals surface area contributed by atoms with Crippen molar-refractivity contribution in [1.82, 2.24) is 0 Å². The average molecular weight is 315 g/mol. The number of hydrogen-bond donors (Lipinski definition) is 0. The van der Waals surface area contributed by atoms with E-state index >= 15 is 0 Å². The van der Waals surface area contributed by atoms with E-state index in [1.807, 2.05) is 25.1 Å². The normalized spacial score (nSPS) is 11.9. The van der Waals surface area contributed by atoms with E-state index in [4.69, 9.17) is 11.6 Å². The molecule has 3 heteroatoms. The predicted octanol–water partition coefficient (Wildman–Crippen LogP) is 5.56. The molecule has 0 aromatic heterocycles. The van der Waals surface area contributed by atoms with Crippen molar-refractivity contribution in [3.8, 4) is 0 Å². The molecule has 0 aliphatic rings. The van der Waals surface area contributed by atoms with E-state index in [0.717, 1.165) is 12.0 Å². The lowest BCUT2D eigenvalue weighted by atomic mass is 9.98. The third-order valence-corrected chi connectivity index (χ3v) is 3.36.